The number of carboxylic acids is 1. The number of nitrogens with zero attached hydrogens (tertiary/aromatic N) is 1. The first-order valence-electron chi connectivity index (χ1n) is 6.17. The molecule has 2 rings (SSSR count). The summed E-state index contributed by atoms with van der Waals surface area (Å²) in [4.78, 5) is 13.0. The molecule has 0 saturated heterocycles. The largest absolute Gasteiger partial charge is 0.478 e. The molecule has 0 radical (unpaired) electrons. The van der Waals surface area contributed by atoms with Crippen molar-refractivity contribution in [2.45, 2.75) is 13.5 Å². The zero-order chi connectivity index (χ0) is 13.8. The SMILES string of the molecule is Cc1cc(C(=O)O)ccc1N(C)Cc1ccccc1. The normalized spacial score (nSPS) is 10.2. The molecule has 0 spiro atoms. The van der Waals surface area contributed by atoms with Crippen LogP contribution in [0, 0.1) is 6.92 Å². The maximum absolute atomic E-state index is 10.9. The average Bonchev–Trinajstić information content (AvgIpc) is 2.39. The van der Waals surface area contributed by atoms with E-state index in [4.69, 9.17) is 5.11 Å². The Bertz CT molecular complexity index is 579. The van der Waals surface area contributed by atoms with Gasteiger partial charge >= 0.3 is 5.97 Å². The molecule has 0 bridgehead atoms. The molecule has 0 amide bonds. The molecular weight excluding hydrogens is 238 g/mol. The van der Waals surface area contributed by atoms with Crippen LogP contribution in [0.2, 0.25) is 0 Å². The fraction of sp³-hybridized carbons (Fsp3) is 0.188. The standard InChI is InChI=1S/C16H17NO2/c1-12-10-14(16(18)19)8-9-15(12)17(2)11-13-6-4-3-5-7-13/h3-10H,11H2,1-2H3,(H,18,19). The predicted octanol–water partition coefficient (Wildman–Crippen LogP) is 3.33. The van der Waals surface area contributed by atoms with Gasteiger partial charge in [0.2, 0.25) is 0 Å². The van der Waals surface area contributed by atoms with E-state index in [1.54, 1.807) is 12.1 Å². The maximum atomic E-state index is 10.9. The van der Waals surface area contributed by atoms with Gasteiger partial charge in [0.25, 0.3) is 0 Å². The summed E-state index contributed by atoms with van der Waals surface area (Å²) >= 11 is 0. The van der Waals surface area contributed by atoms with Gasteiger partial charge in [0.1, 0.15) is 0 Å². The van der Waals surface area contributed by atoms with Gasteiger partial charge in [-0.2, -0.15) is 0 Å². The highest BCUT2D eigenvalue weighted by molar-refractivity contribution is 5.88. The number of aromatic carboxylic acids is 1. The molecule has 2 aromatic carbocycles. The lowest BCUT2D eigenvalue weighted by Gasteiger charge is -2.21. The molecule has 3 nitrogen and oxygen atoms in total. The van der Waals surface area contributed by atoms with Crippen LogP contribution in [0.5, 0.6) is 0 Å². The highest BCUT2D eigenvalue weighted by Crippen LogP contribution is 2.21. The smallest absolute Gasteiger partial charge is 0.335 e. The Balaban J connectivity index is 2.20. The molecule has 0 atom stereocenters. The summed E-state index contributed by atoms with van der Waals surface area (Å²) < 4.78 is 0. The third kappa shape index (κ3) is 3.13. The molecule has 3 heteroatoms. The lowest BCUT2D eigenvalue weighted by molar-refractivity contribution is 0.0697. The van der Waals surface area contributed by atoms with Crippen LogP contribution in [0.15, 0.2) is 48.5 Å². The van der Waals surface area contributed by atoms with Crippen molar-refractivity contribution < 1.29 is 9.90 Å². The highest BCUT2D eigenvalue weighted by atomic mass is 16.4. The summed E-state index contributed by atoms with van der Waals surface area (Å²) in [6.45, 7) is 2.73. The van der Waals surface area contributed by atoms with Crippen LogP contribution in [0.25, 0.3) is 0 Å². The molecule has 0 aliphatic heterocycles. The molecule has 0 heterocycles. The van der Waals surface area contributed by atoms with Crippen molar-refractivity contribution >= 4 is 11.7 Å². The van der Waals surface area contributed by atoms with Crippen molar-refractivity contribution in [1.82, 2.24) is 0 Å². The fourth-order valence-corrected chi connectivity index (χ4v) is 2.16. The Labute approximate surface area is 113 Å². The van der Waals surface area contributed by atoms with Crippen LogP contribution < -0.4 is 4.90 Å². The lowest BCUT2D eigenvalue weighted by atomic mass is 10.1. The van der Waals surface area contributed by atoms with Gasteiger partial charge in [-0.3, -0.25) is 0 Å². The average molecular weight is 255 g/mol. The van der Waals surface area contributed by atoms with Crippen LogP contribution in [0.4, 0.5) is 5.69 Å². The fourth-order valence-electron chi connectivity index (χ4n) is 2.16. The number of rotatable bonds is 4. The number of carbonyl (C=O) groups is 1. The minimum Gasteiger partial charge on any atom is -0.478 e. The quantitative estimate of drug-likeness (QED) is 0.911. The lowest BCUT2D eigenvalue weighted by Crippen LogP contribution is -2.17. The van der Waals surface area contributed by atoms with Crippen molar-refractivity contribution in [3.63, 3.8) is 0 Å². The van der Waals surface area contributed by atoms with Gasteiger partial charge in [-0.1, -0.05) is 30.3 Å². The molecule has 1 N–H and O–H groups in total. The number of hydrogen-bond donors (Lipinski definition) is 1. The highest BCUT2D eigenvalue weighted by Gasteiger charge is 2.09. The molecule has 98 valence electrons. The Morgan fingerprint density at radius 2 is 1.84 bits per heavy atom. The molecule has 0 aliphatic carbocycles. The van der Waals surface area contributed by atoms with E-state index in [-0.39, 0.29) is 0 Å². The van der Waals surface area contributed by atoms with Crippen LogP contribution in [0.3, 0.4) is 0 Å². The number of benzene rings is 2. The molecule has 0 aromatic heterocycles. The summed E-state index contributed by atoms with van der Waals surface area (Å²) in [5.74, 6) is -0.889. The summed E-state index contributed by atoms with van der Waals surface area (Å²) in [5.41, 5.74) is 3.58. The number of anilines is 1. The van der Waals surface area contributed by atoms with Gasteiger partial charge in [-0.25, -0.2) is 4.79 Å². The van der Waals surface area contributed by atoms with Gasteiger partial charge < -0.3 is 10.0 Å². The van der Waals surface area contributed by atoms with E-state index in [1.807, 2.05) is 38.2 Å². The first-order valence-corrected chi connectivity index (χ1v) is 6.17. The molecular formula is C16H17NO2. The molecule has 19 heavy (non-hydrogen) atoms. The van der Waals surface area contributed by atoms with Crippen molar-refractivity contribution in [2.24, 2.45) is 0 Å². The minimum absolute atomic E-state index is 0.328. The zero-order valence-corrected chi connectivity index (χ0v) is 11.1. The first-order chi connectivity index (χ1) is 9.08. The summed E-state index contributed by atoms with van der Waals surface area (Å²) in [6, 6.07) is 15.4. The van der Waals surface area contributed by atoms with Gasteiger partial charge in [0.15, 0.2) is 0 Å². The van der Waals surface area contributed by atoms with Crippen LogP contribution in [0.1, 0.15) is 21.5 Å². The van der Waals surface area contributed by atoms with E-state index in [2.05, 4.69) is 17.0 Å². The van der Waals surface area contributed by atoms with E-state index in [0.717, 1.165) is 17.8 Å². The van der Waals surface area contributed by atoms with E-state index < -0.39 is 5.97 Å². The van der Waals surface area contributed by atoms with Gasteiger partial charge in [0.05, 0.1) is 5.56 Å². The van der Waals surface area contributed by atoms with Gasteiger partial charge in [0, 0.05) is 19.3 Å². The van der Waals surface area contributed by atoms with Crippen molar-refractivity contribution in [3.8, 4) is 0 Å². The van der Waals surface area contributed by atoms with Crippen LogP contribution in [-0.4, -0.2) is 18.1 Å². The van der Waals surface area contributed by atoms with Crippen LogP contribution in [-0.2, 0) is 6.54 Å². The van der Waals surface area contributed by atoms with Crippen LogP contribution >= 0.6 is 0 Å². The predicted molar refractivity (Wildman–Crippen MR) is 76.7 cm³/mol. The zero-order valence-electron chi connectivity index (χ0n) is 11.1. The molecule has 0 unspecified atom stereocenters. The van der Waals surface area contributed by atoms with Crippen molar-refractivity contribution in [1.29, 1.82) is 0 Å². The Kier molecular flexibility index (Phi) is 3.85. The molecule has 0 aliphatic rings. The van der Waals surface area contributed by atoms with Gasteiger partial charge in [-0.15, -0.1) is 0 Å². The minimum atomic E-state index is -0.889. The second kappa shape index (κ2) is 5.57. The Hall–Kier alpha value is -2.29. The molecule has 0 saturated carbocycles. The summed E-state index contributed by atoms with van der Waals surface area (Å²) in [7, 11) is 2.01. The van der Waals surface area contributed by atoms with Gasteiger partial charge in [-0.05, 0) is 36.2 Å². The summed E-state index contributed by atoms with van der Waals surface area (Å²) in [5, 5.41) is 8.96. The molecule has 2 aromatic rings. The van der Waals surface area contributed by atoms with E-state index in [9.17, 15) is 4.79 Å². The summed E-state index contributed by atoms with van der Waals surface area (Å²) in [6.07, 6.45) is 0. The van der Waals surface area contributed by atoms with E-state index >= 15 is 0 Å². The first kappa shape index (κ1) is 13.1. The third-order valence-corrected chi connectivity index (χ3v) is 3.12. The Morgan fingerprint density at radius 1 is 1.16 bits per heavy atom. The van der Waals surface area contributed by atoms with E-state index in [0.29, 0.717) is 5.56 Å². The van der Waals surface area contributed by atoms with E-state index in [1.165, 1.54) is 5.56 Å². The second-order valence-electron chi connectivity index (χ2n) is 4.65. The molecule has 0 fully saturated rings. The maximum Gasteiger partial charge on any atom is 0.335 e. The Morgan fingerprint density at radius 3 is 2.42 bits per heavy atom. The van der Waals surface area contributed by atoms with Crippen molar-refractivity contribution in [3.05, 3.63) is 65.2 Å². The number of aryl methyl sites for hydroxylation is 1. The van der Waals surface area contributed by atoms with Crippen molar-refractivity contribution in [2.75, 3.05) is 11.9 Å². The third-order valence-electron chi connectivity index (χ3n) is 3.12. The topological polar surface area (TPSA) is 40.5 Å². The number of hydrogen-bond acceptors (Lipinski definition) is 2. The second-order valence-corrected chi connectivity index (χ2v) is 4.65. The monoisotopic (exact) mass is 255 g/mol. The number of carboxylic acid groups (broad SMARTS) is 1.